The van der Waals surface area contributed by atoms with Gasteiger partial charge in [0.2, 0.25) is 5.91 Å². The van der Waals surface area contributed by atoms with Crippen molar-refractivity contribution in [1.82, 2.24) is 5.12 Å². The smallest absolute Gasteiger partial charge is 0.354 e. The number of esters is 1. The zero-order chi connectivity index (χ0) is 19.6. The highest BCUT2D eigenvalue weighted by atomic mass is 16.5. The predicted octanol–water partition coefficient (Wildman–Crippen LogP) is 1.39. The summed E-state index contributed by atoms with van der Waals surface area (Å²) >= 11 is 0. The first-order chi connectivity index (χ1) is 13.0. The van der Waals surface area contributed by atoms with Crippen LogP contribution in [0.15, 0.2) is 34.7 Å². The number of carbonyl (C=O) groups is 3. The van der Waals surface area contributed by atoms with Gasteiger partial charge in [-0.3, -0.25) is 9.59 Å². The molecule has 1 fully saturated rings. The van der Waals surface area contributed by atoms with Crippen LogP contribution in [-0.2, 0) is 19.1 Å². The van der Waals surface area contributed by atoms with E-state index in [1.54, 1.807) is 31.2 Å². The number of ether oxygens (including phenoxy) is 2. The van der Waals surface area contributed by atoms with Crippen molar-refractivity contribution >= 4 is 29.2 Å². The number of hydrogen-bond acceptors (Lipinski definition) is 8. The summed E-state index contributed by atoms with van der Waals surface area (Å²) in [5.41, 5.74) is -1.42. The number of anilines is 1. The highest BCUT2D eigenvalue weighted by molar-refractivity contribution is 6.39. The molecule has 0 aromatic heterocycles. The molecule has 1 saturated heterocycles. The normalized spacial score (nSPS) is 21.6. The van der Waals surface area contributed by atoms with E-state index in [0.29, 0.717) is 23.2 Å². The molecular formula is C17H18N4O6. The number of amides is 2. The standard InChI is InChI=1S/C17H18N4O6/c1-3-26-12-7-5-11(6-8-12)20-14(22)10-17(16(20)24)9-13(15(23)27-4-2)18-21(17)19-25/h5-8H,3-4,9-10H2,1-2H3. The van der Waals surface area contributed by atoms with E-state index in [1.165, 1.54) is 0 Å². The molecule has 0 N–H and O–H groups in total. The zero-order valence-corrected chi connectivity index (χ0v) is 14.9. The molecule has 2 amide bonds. The first-order valence-electron chi connectivity index (χ1n) is 8.45. The van der Waals surface area contributed by atoms with E-state index in [1.807, 2.05) is 6.92 Å². The number of carbonyl (C=O) groups excluding carboxylic acids is 3. The van der Waals surface area contributed by atoms with Crippen LogP contribution in [0.1, 0.15) is 26.7 Å². The fourth-order valence-electron chi connectivity index (χ4n) is 3.16. The van der Waals surface area contributed by atoms with Crippen LogP contribution < -0.4 is 9.64 Å². The number of hydrogen-bond donors (Lipinski definition) is 0. The van der Waals surface area contributed by atoms with E-state index in [0.717, 1.165) is 4.90 Å². The van der Waals surface area contributed by atoms with Crippen LogP contribution in [0.2, 0.25) is 0 Å². The summed E-state index contributed by atoms with van der Waals surface area (Å²) in [6.45, 7) is 4.06. The van der Waals surface area contributed by atoms with Crippen molar-refractivity contribution in [3.63, 3.8) is 0 Å². The monoisotopic (exact) mass is 374 g/mol. The largest absolute Gasteiger partial charge is 0.494 e. The Labute approximate surface area is 154 Å². The number of benzene rings is 1. The molecule has 10 heteroatoms. The molecule has 1 atom stereocenters. The van der Waals surface area contributed by atoms with Crippen molar-refractivity contribution in [3.05, 3.63) is 29.2 Å². The maximum atomic E-state index is 13.1. The molecule has 0 radical (unpaired) electrons. The second-order valence-electron chi connectivity index (χ2n) is 5.98. The van der Waals surface area contributed by atoms with Crippen molar-refractivity contribution in [2.75, 3.05) is 18.1 Å². The van der Waals surface area contributed by atoms with Crippen molar-refractivity contribution in [3.8, 4) is 5.75 Å². The van der Waals surface area contributed by atoms with Gasteiger partial charge in [0.25, 0.3) is 5.91 Å². The zero-order valence-electron chi connectivity index (χ0n) is 14.9. The molecule has 1 spiro atoms. The lowest BCUT2D eigenvalue weighted by Gasteiger charge is -2.24. The summed E-state index contributed by atoms with van der Waals surface area (Å²) in [6.07, 6.45) is -0.549. The summed E-state index contributed by atoms with van der Waals surface area (Å²) in [6, 6.07) is 6.41. The van der Waals surface area contributed by atoms with Crippen LogP contribution in [0.5, 0.6) is 5.75 Å². The molecule has 2 heterocycles. The number of nitrogens with zero attached hydrogens (tertiary/aromatic N) is 4. The van der Waals surface area contributed by atoms with E-state index in [4.69, 9.17) is 9.47 Å². The summed E-state index contributed by atoms with van der Waals surface area (Å²) in [5, 5.41) is 7.13. The van der Waals surface area contributed by atoms with Crippen molar-refractivity contribution in [2.45, 2.75) is 32.2 Å². The Hall–Kier alpha value is -3.30. The van der Waals surface area contributed by atoms with Gasteiger partial charge in [0.1, 0.15) is 5.75 Å². The highest BCUT2D eigenvalue weighted by Crippen LogP contribution is 2.40. The van der Waals surface area contributed by atoms with E-state index in [-0.39, 0.29) is 25.2 Å². The summed E-state index contributed by atoms with van der Waals surface area (Å²) < 4.78 is 10.2. The minimum atomic E-state index is -1.64. The first-order valence-corrected chi connectivity index (χ1v) is 8.45. The van der Waals surface area contributed by atoms with Gasteiger partial charge in [0.15, 0.2) is 11.3 Å². The Morgan fingerprint density at radius 2 is 1.89 bits per heavy atom. The van der Waals surface area contributed by atoms with Gasteiger partial charge in [-0.15, -0.1) is 15.1 Å². The van der Waals surface area contributed by atoms with Crippen molar-refractivity contribution < 1.29 is 23.9 Å². The molecule has 2 aliphatic rings. The van der Waals surface area contributed by atoms with Crippen LogP contribution in [-0.4, -0.2) is 47.4 Å². The molecule has 0 aliphatic carbocycles. The van der Waals surface area contributed by atoms with E-state index in [9.17, 15) is 19.3 Å². The third-order valence-corrected chi connectivity index (χ3v) is 4.35. The van der Waals surface area contributed by atoms with Crippen LogP contribution in [0.4, 0.5) is 5.69 Å². The molecule has 27 heavy (non-hydrogen) atoms. The number of rotatable bonds is 6. The Kier molecular flexibility index (Phi) is 4.89. The Bertz CT molecular complexity index is 821. The van der Waals surface area contributed by atoms with Gasteiger partial charge in [0, 0.05) is 6.42 Å². The predicted molar refractivity (Wildman–Crippen MR) is 93.8 cm³/mol. The summed E-state index contributed by atoms with van der Waals surface area (Å²) in [5.74, 6) is -1.33. The van der Waals surface area contributed by atoms with Crippen molar-refractivity contribution in [1.29, 1.82) is 0 Å². The van der Waals surface area contributed by atoms with Gasteiger partial charge in [-0.2, -0.15) is 0 Å². The molecule has 0 bridgehead atoms. The minimum Gasteiger partial charge on any atom is -0.494 e. The summed E-state index contributed by atoms with van der Waals surface area (Å²) in [4.78, 5) is 49.7. The third-order valence-electron chi connectivity index (χ3n) is 4.35. The minimum absolute atomic E-state index is 0.116. The SMILES string of the molecule is CCOC(=O)C1=NN(N=O)C2(CC(=O)N(c3ccc(OCC)cc3)C2=O)C1. The molecule has 10 nitrogen and oxygen atoms in total. The third kappa shape index (κ3) is 3.03. The summed E-state index contributed by atoms with van der Waals surface area (Å²) in [7, 11) is 0. The average Bonchev–Trinajstić information content (AvgIpc) is 3.14. The van der Waals surface area contributed by atoms with E-state index < -0.39 is 23.3 Å². The topological polar surface area (TPSA) is 118 Å². The molecule has 1 aromatic carbocycles. The average molecular weight is 374 g/mol. The fraction of sp³-hybridized carbons (Fsp3) is 0.412. The first kappa shape index (κ1) is 18.5. The van der Waals surface area contributed by atoms with E-state index >= 15 is 0 Å². The van der Waals surface area contributed by atoms with Gasteiger partial charge >= 0.3 is 5.97 Å². The van der Waals surface area contributed by atoms with Crippen molar-refractivity contribution in [2.24, 2.45) is 10.4 Å². The fourth-order valence-corrected chi connectivity index (χ4v) is 3.16. The molecule has 2 aliphatic heterocycles. The Balaban J connectivity index is 1.89. The van der Waals surface area contributed by atoms with Gasteiger partial charge in [-0.25, -0.2) is 9.69 Å². The van der Waals surface area contributed by atoms with Gasteiger partial charge < -0.3 is 9.47 Å². The number of hydrazone groups is 1. The van der Waals surface area contributed by atoms with Crippen LogP contribution in [0.25, 0.3) is 0 Å². The molecule has 3 rings (SSSR count). The second-order valence-corrected chi connectivity index (χ2v) is 5.98. The lowest BCUT2D eigenvalue weighted by atomic mass is 9.92. The molecule has 142 valence electrons. The lowest BCUT2D eigenvalue weighted by molar-refractivity contribution is -0.135. The number of imide groups is 1. The van der Waals surface area contributed by atoms with Gasteiger partial charge in [0.05, 0.1) is 30.6 Å². The second kappa shape index (κ2) is 7.14. The molecule has 1 unspecified atom stereocenters. The molecule has 0 saturated carbocycles. The lowest BCUT2D eigenvalue weighted by Crippen LogP contribution is -2.48. The van der Waals surface area contributed by atoms with E-state index in [2.05, 4.69) is 10.4 Å². The Morgan fingerprint density at radius 1 is 1.19 bits per heavy atom. The van der Waals surface area contributed by atoms with Gasteiger partial charge in [-0.1, -0.05) is 0 Å². The Morgan fingerprint density at radius 3 is 2.48 bits per heavy atom. The molecule has 1 aromatic rings. The highest BCUT2D eigenvalue weighted by Gasteiger charge is 2.61. The molecular weight excluding hydrogens is 356 g/mol. The number of nitroso groups, excluding NO2 is 1. The maximum absolute atomic E-state index is 13.1. The van der Waals surface area contributed by atoms with Crippen LogP contribution >= 0.6 is 0 Å². The van der Waals surface area contributed by atoms with Crippen LogP contribution in [0.3, 0.4) is 0 Å². The van der Waals surface area contributed by atoms with Gasteiger partial charge in [-0.05, 0) is 38.1 Å². The van der Waals surface area contributed by atoms with Crippen LogP contribution in [0, 0.1) is 4.91 Å². The quantitative estimate of drug-likeness (QED) is 0.419. The maximum Gasteiger partial charge on any atom is 0.354 e.